The molecule has 3 aromatic rings. The number of anilines is 3. The predicted octanol–water partition coefficient (Wildman–Crippen LogP) is 3.72. The fourth-order valence-corrected chi connectivity index (χ4v) is 2.26. The number of pyridine rings is 1. The van der Waals surface area contributed by atoms with Gasteiger partial charge in [-0.25, -0.2) is 4.79 Å². The van der Waals surface area contributed by atoms with Crippen molar-refractivity contribution in [2.45, 2.75) is 0 Å². The largest absolute Gasteiger partial charge is 0.478 e. The highest BCUT2D eigenvalue weighted by Crippen LogP contribution is 2.27. The molecule has 2 aromatic carbocycles. The van der Waals surface area contributed by atoms with Gasteiger partial charge in [-0.15, -0.1) is 0 Å². The number of nitrogens with zero attached hydrogens (tertiary/aromatic N) is 1. The third-order valence-electron chi connectivity index (χ3n) is 3.44. The number of rotatable bonds is 4. The summed E-state index contributed by atoms with van der Waals surface area (Å²) in [5.41, 5.74) is 3.91. The van der Waals surface area contributed by atoms with Crippen molar-refractivity contribution in [3.8, 4) is 0 Å². The summed E-state index contributed by atoms with van der Waals surface area (Å²) >= 11 is 0. The molecule has 22 heavy (non-hydrogen) atoms. The van der Waals surface area contributed by atoms with Crippen molar-refractivity contribution in [3.05, 3.63) is 60.3 Å². The first-order chi connectivity index (χ1) is 10.7. The van der Waals surface area contributed by atoms with E-state index in [1.807, 2.05) is 31.3 Å². The highest BCUT2D eigenvalue weighted by molar-refractivity contribution is 5.95. The Morgan fingerprint density at radius 2 is 1.77 bits per heavy atom. The van der Waals surface area contributed by atoms with Gasteiger partial charge >= 0.3 is 5.97 Å². The van der Waals surface area contributed by atoms with Crippen LogP contribution in [-0.4, -0.2) is 23.1 Å². The molecule has 0 amide bonds. The van der Waals surface area contributed by atoms with Crippen LogP contribution < -0.4 is 10.6 Å². The van der Waals surface area contributed by atoms with E-state index in [1.54, 1.807) is 30.5 Å². The molecule has 0 bridgehead atoms. The Kier molecular flexibility index (Phi) is 3.62. The molecule has 3 rings (SSSR count). The number of benzene rings is 2. The van der Waals surface area contributed by atoms with Gasteiger partial charge < -0.3 is 15.7 Å². The lowest BCUT2D eigenvalue weighted by molar-refractivity contribution is 0.0697. The number of aromatic carboxylic acids is 1. The Bertz CT molecular complexity index is 829. The van der Waals surface area contributed by atoms with Crippen LogP contribution in [0.25, 0.3) is 10.9 Å². The zero-order valence-corrected chi connectivity index (χ0v) is 12.0. The fourth-order valence-electron chi connectivity index (χ4n) is 2.26. The molecule has 0 atom stereocenters. The van der Waals surface area contributed by atoms with Gasteiger partial charge in [-0.3, -0.25) is 4.98 Å². The van der Waals surface area contributed by atoms with E-state index in [2.05, 4.69) is 15.6 Å². The molecule has 0 aliphatic carbocycles. The molecule has 0 spiro atoms. The molecule has 3 N–H and O–H groups in total. The molecule has 0 aliphatic rings. The number of aromatic nitrogens is 1. The summed E-state index contributed by atoms with van der Waals surface area (Å²) in [6.45, 7) is 0. The molecule has 0 fully saturated rings. The van der Waals surface area contributed by atoms with Crippen molar-refractivity contribution < 1.29 is 9.90 Å². The van der Waals surface area contributed by atoms with Crippen LogP contribution in [0.1, 0.15) is 10.4 Å². The number of hydrogen-bond donors (Lipinski definition) is 3. The van der Waals surface area contributed by atoms with Gasteiger partial charge in [0.15, 0.2) is 0 Å². The summed E-state index contributed by atoms with van der Waals surface area (Å²) in [5, 5.41) is 16.3. The van der Waals surface area contributed by atoms with Gasteiger partial charge in [0.1, 0.15) is 0 Å². The van der Waals surface area contributed by atoms with Gasteiger partial charge in [0.2, 0.25) is 0 Å². The maximum Gasteiger partial charge on any atom is 0.335 e. The van der Waals surface area contributed by atoms with Gasteiger partial charge in [-0.1, -0.05) is 0 Å². The van der Waals surface area contributed by atoms with E-state index in [0.717, 1.165) is 28.0 Å². The van der Waals surface area contributed by atoms with Gasteiger partial charge in [0.05, 0.1) is 11.1 Å². The summed E-state index contributed by atoms with van der Waals surface area (Å²) in [5.74, 6) is -0.931. The first-order valence-electron chi connectivity index (χ1n) is 6.84. The average molecular weight is 293 g/mol. The topological polar surface area (TPSA) is 74.2 Å². The van der Waals surface area contributed by atoms with Crippen molar-refractivity contribution in [1.29, 1.82) is 0 Å². The summed E-state index contributed by atoms with van der Waals surface area (Å²) in [6.07, 6.45) is 1.75. The maximum atomic E-state index is 10.9. The Labute approximate surface area is 127 Å². The molecule has 110 valence electrons. The first kappa shape index (κ1) is 13.9. The Morgan fingerprint density at radius 1 is 1.05 bits per heavy atom. The van der Waals surface area contributed by atoms with Crippen molar-refractivity contribution in [2.24, 2.45) is 0 Å². The molecule has 0 saturated heterocycles. The third kappa shape index (κ3) is 2.69. The standard InChI is InChI=1S/C17H15N3O2/c1-18-13-6-7-15-14(10-13)16(8-9-19-15)20-12-4-2-11(3-5-12)17(21)22/h2-10,18H,1H3,(H,19,20)(H,21,22). The third-order valence-corrected chi connectivity index (χ3v) is 3.44. The second-order valence-corrected chi connectivity index (χ2v) is 4.85. The monoisotopic (exact) mass is 293 g/mol. The number of fused-ring (bicyclic) bond motifs is 1. The molecule has 1 heterocycles. The lowest BCUT2D eigenvalue weighted by Gasteiger charge is -2.11. The van der Waals surface area contributed by atoms with E-state index in [9.17, 15) is 4.79 Å². The average Bonchev–Trinajstić information content (AvgIpc) is 2.55. The Hall–Kier alpha value is -3.08. The van der Waals surface area contributed by atoms with E-state index in [0.29, 0.717) is 0 Å². The summed E-state index contributed by atoms with van der Waals surface area (Å²) in [7, 11) is 1.87. The van der Waals surface area contributed by atoms with E-state index in [1.165, 1.54) is 0 Å². The quantitative estimate of drug-likeness (QED) is 0.683. The van der Waals surface area contributed by atoms with Crippen molar-refractivity contribution in [2.75, 3.05) is 17.7 Å². The Morgan fingerprint density at radius 3 is 2.45 bits per heavy atom. The van der Waals surface area contributed by atoms with Crippen molar-refractivity contribution in [3.63, 3.8) is 0 Å². The van der Waals surface area contributed by atoms with Crippen LogP contribution in [0.4, 0.5) is 17.1 Å². The first-order valence-corrected chi connectivity index (χ1v) is 6.84. The van der Waals surface area contributed by atoms with E-state index < -0.39 is 5.97 Å². The van der Waals surface area contributed by atoms with Crippen LogP contribution in [0.2, 0.25) is 0 Å². The summed E-state index contributed by atoms with van der Waals surface area (Å²) < 4.78 is 0. The number of carboxylic acid groups (broad SMARTS) is 1. The molecule has 5 nitrogen and oxygen atoms in total. The molecule has 0 radical (unpaired) electrons. The number of nitrogens with one attached hydrogen (secondary N) is 2. The molecular weight excluding hydrogens is 278 g/mol. The van der Waals surface area contributed by atoms with Crippen molar-refractivity contribution >= 4 is 33.9 Å². The SMILES string of the molecule is CNc1ccc2nccc(Nc3ccc(C(=O)O)cc3)c2c1. The van der Waals surface area contributed by atoms with Gasteiger partial charge in [0, 0.05) is 35.7 Å². The van der Waals surface area contributed by atoms with Gasteiger partial charge in [-0.2, -0.15) is 0 Å². The molecule has 1 aromatic heterocycles. The normalized spacial score (nSPS) is 10.4. The zero-order chi connectivity index (χ0) is 15.5. The van der Waals surface area contributed by atoms with Crippen molar-refractivity contribution in [1.82, 2.24) is 4.98 Å². The fraction of sp³-hybridized carbons (Fsp3) is 0.0588. The maximum absolute atomic E-state index is 10.9. The molecule has 5 heteroatoms. The predicted molar refractivity (Wildman–Crippen MR) is 88.0 cm³/mol. The summed E-state index contributed by atoms with van der Waals surface area (Å²) in [4.78, 5) is 15.2. The second kappa shape index (κ2) is 5.73. The van der Waals surface area contributed by atoms with E-state index >= 15 is 0 Å². The van der Waals surface area contributed by atoms with E-state index in [4.69, 9.17) is 5.11 Å². The van der Waals surface area contributed by atoms with Crippen LogP contribution in [-0.2, 0) is 0 Å². The number of carbonyl (C=O) groups is 1. The van der Waals surface area contributed by atoms with Gasteiger partial charge in [-0.05, 0) is 48.5 Å². The lowest BCUT2D eigenvalue weighted by atomic mass is 10.1. The molecule has 0 saturated carbocycles. The van der Waals surface area contributed by atoms with Crippen LogP contribution in [0.5, 0.6) is 0 Å². The second-order valence-electron chi connectivity index (χ2n) is 4.85. The van der Waals surface area contributed by atoms with E-state index in [-0.39, 0.29) is 5.56 Å². The van der Waals surface area contributed by atoms with Gasteiger partial charge in [0.25, 0.3) is 0 Å². The number of hydrogen-bond acceptors (Lipinski definition) is 4. The highest BCUT2D eigenvalue weighted by atomic mass is 16.4. The smallest absolute Gasteiger partial charge is 0.335 e. The molecule has 0 unspecified atom stereocenters. The minimum Gasteiger partial charge on any atom is -0.478 e. The lowest BCUT2D eigenvalue weighted by Crippen LogP contribution is -1.97. The van der Waals surface area contributed by atoms with Crippen LogP contribution in [0.15, 0.2) is 54.7 Å². The molecule has 0 aliphatic heterocycles. The minimum absolute atomic E-state index is 0.266. The van der Waals surface area contributed by atoms with Crippen LogP contribution in [0.3, 0.4) is 0 Å². The zero-order valence-electron chi connectivity index (χ0n) is 12.0. The van der Waals surface area contributed by atoms with Crippen LogP contribution >= 0.6 is 0 Å². The molecular formula is C17H15N3O2. The highest BCUT2D eigenvalue weighted by Gasteiger charge is 2.05. The summed E-state index contributed by atoms with van der Waals surface area (Å²) in [6, 6.07) is 14.5. The Balaban J connectivity index is 1.97. The minimum atomic E-state index is -0.931. The number of carboxylic acids is 1. The van der Waals surface area contributed by atoms with Crippen LogP contribution in [0, 0.1) is 0 Å².